The number of hydrogen-bond donors (Lipinski definition) is 0. The molecule has 6 heteroatoms. The van der Waals surface area contributed by atoms with Crippen molar-refractivity contribution in [1.29, 1.82) is 0 Å². The molecule has 3 rings (SSSR count). The smallest absolute Gasteiger partial charge is 0.410 e. The van der Waals surface area contributed by atoms with Gasteiger partial charge in [0.25, 0.3) is 0 Å². The fourth-order valence-electron chi connectivity index (χ4n) is 3.36. The lowest BCUT2D eigenvalue weighted by Crippen LogP contribution is -2.49. The van der Waals surface area contributed by atoms with E-state index < -0.39 is 0 Å². The van der Waals surface area contributed by atoms with E-state index in [1.54, 1.807) is 4.90 Å². The highest BCUT2D eigenvalue weighted by atomic mass is 16.6. The van der Waals surface area contributed by atoms with Crippen molar-refractivity contribution in [2.45, 2.75) is 44.4 Å². The Labute approximate surface area is 125 Å². The van der Waals surface area contributed by atoms with Crippen molar-refractivity contribution >= 4 is 6.09 Å². The van der Waals surface area contributed by atoms with Gasteiger partial charge in [-0.3, -0.25) is 4.68 Å². The van der Waals surface area contributed by atoms with E-state index in [1.807, 2.05) is 30.2 Å². The molecule has 0 aliphatic carbocycles. The van der Waals surface area contributed by atoms with Crippen LogP contribution in [0.5, 0.6) is 0 Å². The molecule has 6 nitrogen and oxygen atoms in total. The maximum atomic E-state index is 11.6. The second-order valence-corrected chi connectivity index (χ2v) is 6.35. The zero-order valence-corrected chi connectivity index (χ0v) is 12.9. The first-order chi connectivity index (χ1) is 10.1. The van der Waals surface area contributed by atoms with Gasteiger partial charge in [-0.1, -0.05) is 0 Å². The van der Waals surface area contributed by atoms with Crippen LogP contribution in [0, 0.1) is 0 Å². The summed E-state index contributed by atoms with van der Waals surface area (Å²) in [5, 5.41) is 4.24. The summed E-state index contributed by atoms with van der Waals surface area (Å²) in [6.07, 6.45) is 6.63. The highest BCUT2D eigenvalue weighted by Gasteiger charge is 2.45. The van der Waals surface area contributed by atoms with Crippen LogP contribution in [0.15, 0.2) is 18.5 Å². The predicted octanol–water partition coefficient (Wildman–Crippen LogP) is 1.58. The first kappa shape index (κ1) is 14.4. The molecule has 2 saturated heterocycles. The summed E-state index contributed by atoms with van der Waals surface area (Å²) in [5.41, 5.74) is -0.232. The Balaban J connectivity index is 1.48. The van der Waals surface area contributed by atoms with Gasteiger partial charge in [-0.05, 0) is 19.4 Å². The number of likely N-dealkylation sites (tertiary alicyclic amines) is 1. The molecule has 3 heterocycles. The van der Waals surface area contributed by atoms with Crippen molar-refractivity contribution in [2.24, 2.45) is 0 Å². The summed E-state index contributed by atoms with van der Waals surface area (Å²) < 4.78 is 7.58. The van der Waals surface area contributed by atoms with Crippen LogP contribution in [0.1, 0.15) is 26.2 Å². The number of amides is 1. The van der Waals surface area contributed by atoms with Gasteiger partial charge in [0.2, 0.25) is 0 Å². The summed E-state index contributed by atoms with van der Waals surface area (Å²) in [7, 11) is 1.82. The van der Waals surface area contributed by atoms with E-state index in [-0.39, 0.29) is 11.7 Å². The average molecular weight is 292 g/mol. The number of piperidine rings is 1. The Morgan fingerprint density at radius 2 is 2.19 bits per heavy atom. The zero-order chi connectivity index (χ0) is 14.9. The second-order valence-electron chi connectivity index (χ2n) is 6.35. The lowest BCUT2D eigenvalue weighted by Gasteiger charge is -2.40. The van der Waals surface area contributed by atoms with Crippen LogP contribution in [0.2, 0.25) is 0 Å². The molecule has 0 aromatic carbocycles. The highest BCUT2D eigenvalue weighted by molar-refractivity contribution is 5.70. The molecule has 1 atom stereocenters. The summed E-state index contributed by atoms with van der Waals surface area (Å²) in [6, 6.07) is 2.49. The normalized spacial score (nSPS) is 23.5. The van der Waals surface area contributed by atoms with Crippen molar-refractivity contribution in [2.75, 3.05) is 26.7 Å². The largest absolute Gasteiger partial charge is 0.441 e. The molecule has 0 bridgehead atoms. The van der Waals surface area contributed by atoms with E-state index in [1.165, 1.54) is 0 Å². The standard InChI is InChI=1S/C15H24N4O2/c1-13(4-9-19-8-3-7-16-19)18-10-5-15(6-11-18)12-17(2)14(20)21-15/h3,7-8,13H,4-6,9-12H2,1-2H3/t13-/m0/s1. The second kappa shape index (κ2) is 5.67. The Morgan fingerprint density at radius 3 is 2.76 bits per heavy atom. The number of ether oxygens (including phenoxy) is 1. The third kappa shape index (κ3) is 3.05. The van der Waals surface area contributed by atoms with Crippen molar-refractivity contribution in [3.05, 3.63) is 18.5 Å². The maximum absolute atomic E-state index is 11.6. The molecular weight excluding hydrogens is 268 g/mol. The minimum Gasteiger partial charge on any atom is -0.441 e. The van der Waals surface area contributed by atoms with E-state index in [9.17, 15) is 4.79 Å². The quantitative estimate of drug-likeness (QED) is 0.845. The molecule has 0 unspecified atom stereocenters. The van der Waals surface area contributed by atoms with Gasteiger partial charge in [0.05, 0.1) is 6.54 Å². The number of aromatic nitrogens is 2. The van der Waals surface area contributed by atoms with Gasteiger partial charge >= 0.3 is 6.09 Å². The SMILES string of the molecule is C[C@@H](CCn1cccn1)N1CCC2(CC1)CN(C)C(=O)O2. The van der Waals surface area contributed by atoms with Crippen LogP contribution in [-0.2, 0) is 11.3 Å². The topological polar surface area (TPSA) is 50.6 Å². The number of likely N-dealkylation sites (N-methyl/N-ethyl adjacent to an activating group) is 1. The molecule has 0 N–H and O–H groups in total. The molecule has 0 radical (unpaired) electrons. The molecule has 116 valence electrons. The van der Waals surface area contributed by atoms with E-state index in [0.717, 1.165) is 45.4 Å². The Hall–Kier alpha value is -1.56. The summed E-state index contributed by atoms with van der Waals surface area (Å²) in [4.78, 5) is 15.8. The monoisotopic (exact) mass is 292 g/mol. The lowest BCUT2D eigenvalue weighted by molar-refractivity contribution is -0.00945. The minimum absolute atomic E-state index is 0.171. The van der Waals surface area contributed by atoms with E-state index >= 15 is 0 Å². The zero-order valence-electron chi connectivity index (χ0n) is 12.9. The number of rotatable bonds is 4. The van der Waals surface area contributed by atoms with Gasteiger partial charge < -0.3 is 14.5 Å². The Morgan fingerprint density at radius 1 is 1.43 bits per heavy atom. The van der Waals surface area contributed by atoms with Gasteiger partial charge in [0.15, 0.2) is 0 Å². The van der Waals surface area contributed by atoms with Crippen LogP contribution in [0.25, 0.3) is 0 Å². The summed E-state index contributed by atoms with van der Waals surface area (Å²) in [5.74, 6) is 0. The molecule has 2 fully saturated rings. The molecular formula is C15H24N4O2. The molecule has 1 amide bonds. The lowest BCUT2D eigenvalue weighted by atomic mass is 9.90. The van der Waals surface area contributed by atoms with E-state index in [0.29, 0.717) is 6.04 Å². The molecule has 21 heavy (non-hydrogen) atoms. The summed E-state index contributed by atoms with van der Waals surface area (Å²) >= 11 is 0. The number of aryl methyl sites for hydroxylation is 1. The number of hydrogen-bond acceptors (Lipinski definition) is 4. The van der Waals surface area contributed by atoms with Crippen LogP contribution in [-0.4, -0.2) is 64.0 Å². The summed E-state index contributed by atoms with van der Waals surface area (Å²) in [6.45, 7) is 5.96. The van der Waals surface area contributed by atoms with Crippen LogP contribution in [0.4, 0.5) is 4.79 Å². The Kier molecular flexibility index (Phi) is 3.89. The third-order valence-electron chi connectivity index (χ3n) is 4.81. The maximum Gasteiger partial charge on any atom is 0.410 e. The Bertz CT molecular complexity index is 480. The molecule has 2 aliphatic rings. The van der Waals surface area contributed by atoms with Gasteiger partial charge in [0.1, 0.15) is 5.60 Å². The molecule has 1 aromatic heterocycles. The minimum atomic E-state index is -0.232. The predicted molar refractivity (Wildman–Crippen MR) is 79.0 cm³/mol. The van der Waals surface area contributed by atoms with Crippen LogP contribution in [0.3, 0.4) is 0 Å². The molecule has 1 spiro atoms. The van der Waals surface area contributed by atoms with Crippen molar-refractivity contribution in [1.82, 2.24) is 19.6 Å². The van der Waals surface area contributed by atoms with Crippen molar-refractivity contribution in [3.8, 4) is 0 Å². The number of nitrogens with zero attached hydrogens (tertiary/aromatic N) is 4. The van der Waals surface area contributed by atoms with E-state index in [2.05, 4.69) is 16.9 Å². The fourth-order valence-corrected chi connectivity index (χ4v) is 3.36. The van der Waals surface area contributed by atoms with Gasteiger partial charge in [-0.15, -0.1) is 0 Å². The number of carbonyl (C=O) groups excluding carboxylic acids is 1. The molecule has 1 aromatic rings. The number of carbonyl (C=O) groups is 1. The van der Waals surface area contributed by atoms with Gasteiger partial charge in [-0.25, -0.2) is 4.79 Å². The van der Waals surface area contributed by atoms with Crippen molar-refractivity contribution < 1.29 is 9.53 Å². The van der Waals surface area contributed by atoms with Crippen molar-refractivity contribution in [3.63, 3.8) is 0 Å². The fraction of sp³-hybridized carbons (Fsp3) is 0.733. The average Bonchev–Trinajstić information content (AvgIpc) is 3.07. The van der Waals surface area contributed by atoms with Gasteiger partial charge in [0, 0.05) is 58.0 Å². The molecule has 2 aliphatic heterocycles. The van der Waals surface area contributed by atoms with Crippen LogP contribution >= 0.6 is 0 Å². The van der Waals surface area contributed by atoms with E-state index in [4.69, 9.17) is 4.74 Å². The van der Waals surface area contributed by atoms with Crippen LogP contribution < -0.4 is 0 Å². The first-order valence-corrected chi connectivity index (χ1v) is 7.74. The molecule has 0 saturated carbocycles. The highest BCUT2D eigenvalue weighted by Crippen LogP contribution is 2.33. The third-order valence-corrected chi connectivity index (χ3v) is 4.81. The first-order valence-electron chi connectivity index (χ1n) is 7.74. The van der Waals surface area contributed by atoms with Gasteiger partial charge in [-0.2, -0.15) is 5.10 Å².